The molecule has 0 fully saturated rings. The van der Waals surface area contributed by atoms with Crippen LogP contribution < -0.4 is 0 Å². The van der Waals surface area contributed by atoms with E-state index >= 15 is 0 Å². The number of methoxy groups -OCH3 is 1. The zero-order valence-electron chi connectivity index (χ0n) is 8.69. The van der Waals surface area contributed by atoms with E-state index in [0.717, 1.165) is 6.26 Å². The molecule has 0 unspecified atom stereocenters. The fourth-order valence-electron chi connectivity index (χ4n) is 0.606. The van der Waals surface area contributed by atoms with Crippen molar-refractivity contribution in [3.63, 3.8) is 0 Å². The predicted octanol–water partition coefficient (Wildman–Crippen LogP) is 3.72. The number of esters is 1. The van der Waals surface area contributed by atoms with E-state index in [1.807, 2.05) is 0 Å². The maximum atomic E-state index is 11.3. The van der Waals surface area contributed by atoms with Crippen molar-refractivity contribution in [1.29, 1.82) is 0 Å². The summed E-state index contributed by atoms with van der Waals surface area (Å²) >= 11 is 31.8. The molecule has 0 spiro atoms. The molecule has 0 N–H and O–H groups in total. The highest BCUT2D eigenvalue weighted by Crippen LogP contribution is 2.30. The first kappa shape index (κ1) is 18.4. The maximum Gasteiger partial charge on any atom is 0.363 e. The van der Waals surface area contributed by atoms with Gasteiger partial charge < -0.3 is 9.47 Å². The second-order valence-electron chi connectivity index (χ2n) is 2.79. The molecule has 0 aliphatic heterocycles. The quantitative estimate of drug-likeness (QED) is 0.425. The highest BCUT2D eigenvalue weighted by Gasteiger charge is 2.33. The van der Waals surface area contributed by atoms with Crippen LogP contribution in [0.1, 0.15) is 6.42 Å². The average molecular weight is 379 g/mol. The van der Waals surface area contributed by atoms with Crippen molar-refractivity contribution < 1.29 is 19.1 Å². The van der Waals surface area contributed by atoms with Gasteiger partial charge in [-0.05, 0) is 0 Å². The molecule has 0 aliphatic rings. The van der Waals surface area contributed by atoms with Gasteiger partial charge in [-0.25, -0.2) is 4.79 Å². The summed E-state index contributed by atoms with van der Waals surface area (Å²) in [5, 5.41) is 0. The van der Waals surface area contributed by atoms with Gasteiger partial charge >= 0.3 is 5.97 Å². The molecule has 0 radical (unpaired) electrons. The summed E-state index contributed by atoms with van der Waals surface area (Å²) < 4.78 is 4.86. The van der Waals surface area contributed by atoms with Crippen molar-refractivity contribution in [2.45, 2.75) is 14.0 Å². The number of allylic oxidation sites excluding steroid dienone is 1. The first-order chi connectivity index (χ1) is 7.98. The first-order valence-corrected chi connectivity index (χ1v) is 6.36. The number of carbonyl (C=O) groups is 2. The van der Waals surface area contributed by atoms with E-state index in [4.69, 9.17) is 74.3 Å². The molecule has 18 heavy (non-hydrogen) atoms. The fraction of sp³-hybridized carbons (Fsp3) is 0.500. The zero-order valence-corrected chi connectivity index (χ0v) is 13.2. The van der Waals surface area contributed by atoms with E-state index in [1.165, 1.54) is 7.11 Å². The van der Waals surface area contributed by atoms with Crippen LogP contribution >= 0.6 is 69.6 Å². The van der Waals surface area contributed by atoms with Crippen molar-refractivity contribution >= 4 is 81.4 Å². The lowest BCUT2D eigenvalue weighted by Crippen LogP contribution is -2.21. The number of Topliss-reactive ketones (excluding diaryl/α,β-unsaturated/α-hetero) is 1. The Morgan fingerprint density at radius 1 is 1.06 bits per heavy atom. The van der Waals surface area contributed by atoms with Crippen molar-refractivity contribution in [2.24, 2.45) is 0 Å². The third-order valence-corrected chi connectivity index (χ3v) is 2.54. The summed E-state index contributed by atoms with van der Waals surface area (Å²) in [6.45, 7) is 0. The standard InChI is InChI=1S/C8H6Cl6O4/c1-17-4(2-5(15)7(9,10)11)3-18-6(16)8(12,13)14/h3H,2H2,1H3. The van der Waals surface area contributed by atoms with Gasteiger partial charge in [0.25, 0.3) is 3.79 Å². The van der Waals surface area contributed by atoms with E-state index in [1.54, 1.807) is 0 Å². The Balaban J connectivity index is 4.62. The average Bonchev–Trinajstić information content (AvgIpc) is 2.20. The minimum absolute atomic E-state index is 0.0751. The van der Waals surface area contributed by atoms with E-state index in [0.29, 0.717) is 0 Å². The molecule has 0 atom stereocenters. The van der Waals surface area contributed by atoms with Crippen LogP contribution in [0, 0.1) is 0 Å². The molecular formula is C8H6Cl6O4. The number of halogens is 6. The summed E-state index contributed by atoms with van der Waals surface area (Å²) in [5.74, 6) is -2.01. The molecule has 0 aliphatic carbocycles. The molecule has 0 heterocycles. The zero-order chi connectivity index (χ0) is 14.6. The number of carbonyl (C=O) groups excluding carboxylic acids is 2. The normalized spacial score (nSPS) is 13.2. The molecule has 0 aromatic rings. The van der Waals surface area contributed by atoms with E-state index in [-0.39, 0.29) is 5.76 Å². The van der Waals surface area contributed by atoms with Crippen LogP contribution in [0.15, 0.2) is 12.0 Å². The summed E-state index contributed by atoms with van der Waals surface area (Å²) in [4.78, 5) is 22.4. The van der Waals surface area contributed by atoms with Crippen molar-refractivity contribution in [3.8, 4) is 0 Å². The lowest BCUT2D eigenvalue weighted by Gasteiger charge is -2.12. The summed E-state index contributed by atoms with van der Waals surface area (Å²) in [7, 11) is 1.22. The second kappa shape index (κ2) is 7.27. The maximum absolute atomic E-state index is 11.3. The van der Waals surface area contributed by atoms with Gasteiger partial charge in [0.05, 0.1) is 13.5 Å². The fourth-order valence-corrected chi connectivity index (χ4v) is 0.941. The Morgan fingerprint density at radius 2 is 1.56 bits per heavy atom. The minimum atomic E-state index is -2.24. The largest absolute Gasteiger partial charge is 0.497 e. The molecule has 0 bridgehead atoms. The summed E-state index contributed by atoms with van der Waals surface area (Å²) in [6, 6.07) is 0. The molecule has 4 nitrogen and oxygen atoms in total. The van der Waals surface area contributed by atoms with Crippen LogP contribution in [0.25, 0.3) is 0 Å². The molecule has 0 saturated heterocycles. The van der Waals surface area contributed by atoms with Gasteiger partial charge in [0, 0.05) is 0 Å². The van der Waals surface area contributed by atoms with Crippen LogP contribution in [0.5, 0.6) is 0 Å². The number of ketones is 1. The lowest BCUT2D eigenvalue weighted by atomic mass is 10.3. The smallest absolute Gasteiger partial charge is 0.363 e. The Hall–Kier alpha value is 0.420. The number of hydrogen-bond donors (Lipinski definition) is 0. The van der Waals surface area contributed by atoms with Crippen molar-refractivity contribution in [2.75, 3.05) is 7.11 Å². The molecule has 0 aromatic heterocycles. The Bertz CT molecular complexity index is 354. The van der Waals surface area contributed by atoms with Crippen molar-refractivity contribution in [1.82, 2.24) is 0 Å². The van der Waals surface area contributed by atoms with Gasteiger partial charge in [-0.1, -0.05) is 69.6 Å². The highest BCUT2D eigenvalue weighted by molar-refractivity contribution is 6.76. The van der Waals surface area contributed by atoms with Gasteiger partial charge in [-0.3, -0.25) is 4.79 Å². The monoisotopic (exact) mass is 376 g/mol. The van der Waals surface area contributed by atoms with Gasteiger partial charge in [0.2, 0.25) is 3.79 Å². The molecule has 0 rings (SSSR count). The second-order valence-corrected chi connectivity index (χ2v) is 7.35. The molecule has 0 aromatic carbocycles. The number of hydrogen-bond acceptors (Lipinski definition) is 4. The third-order valence-electron chi connectivity index (χ3n) is 1.44. The Labute approximate surface area is 133 Å². The van der Waals surface area contributed by atoms with E-state index in [9.17, 15) is 9.59 Å². The Morgan fingerprint density at radius 3 is 1.89 bits per heavy atom. The van der Waals surface area contributed by atoms with Gasteiger partial charge in [0.15, 0.2) is 5.78 Å². The van der Waals surface area contributed by atoms with Crippen molar-refractivity contribution in [3.05, 3.63) is 12.0 Å². The first-order valence-electron chi connectivity index (χ1n) is 4.09. The van der Waals surface area contributed by atoms with Crippen LogP contribution in [-0.2, 0) is 19.1 Å². The lowest BCUT2D eigenvalue weighted by molar-refractivity contribution is -0.137. The predicted molar refractivity (Wildman–Crippen MR) is 71.4 cm³/mol. The molecule has 10 heteroatoms. The number of ether oxygens (including phenoxy) is 2. The molecular weight excluding hydrogens is 373 g/mol. The third kappa shape index (κ3) is 7.12. The van der Waals surface area contributed by atoms with Crippen LogP contribution in [-0.4, -0.2) is 26.4 Å². The molecule has 0 saturated carbocycles. The van der Waals surface area contributed by atoms with Crippen LogP contribution in [0.2, 0.25) is 0 Å². The van der Waals surface area contributed by atoms with Gasteiger partial charge in [-0.15, -0.1) is 0 Å². The summed E-state index contributed by atoms with van der Waals surface area (Å²) in [6.07, 6.45) is 0.388. The van der Waals surface area contributed by atoms with Gasteiger partial charge in [-0.2, -0.15) is 0 Å². The van der Waals surface area contributed by atoms with Gasteiger partial charge in [0.1, 0.15) is 12.0 Å². The van der Waals surface area contributed by atoms with Crippen LogP contribution in [0.3, 0.4) is 0 Å². The van der Waals surface area contributed by atoms with Crippen LogP contribution in [0.4, 0.5) is 0 Å². The number of rotatable bonds is 4. The number of alkyl halides is 6. The molecule has 0 amide bonds. The topological polar surface area (TPSA) is 52.6 Å². The van der Waals surface area contributed by atoms with E-state index in [2.05, 4.69) is 4.74 Å². The summed E-state index contributed by atoms with van der Waals surface area (Å²) in [5.41, 5.74) is 0. The van der Waals surface area contributed by atoms with E-state index < -0.39 is 25.8 Å². The SMILES string of the molecule is COC(=COC(=O)C(Cl)(Cl)Cl)CC(=O)C(Cl)(Cl)Cl. The molecule has 104 valence electrons. The highest BCUT2D eigenvalue weighted by atomic mass is 35.6. The Kier molecular flexibility index (Phi) is 7.44. The minimum Gasteiger partial charge on any atom is -0.497 e.